The third-order valence-corrected chi connectivity index (χ3v) is 4.20. The van der Waals surface area contributed by atoms with Crippen molar-refractivity contribution < 1.29 is 9.18 Å². The molecule has 23 heavy (non-hydrogen) atoms. The number of carbonyl (C=O) groups is 1. The molecule has 3 rings (SSSR count). The second kappa shape index (κ2) is 6.75. The lowest BCUT2D eigenvalue weighted by Crippen LogP contribution is -2.27. The van der Waals surface area contributed by atoms with E-state index >= 15 is 0 Å². The molecule has 0 aliphatic heterocycles. The molecular weight excluding hydrogens is 313 g/mol. The Morgan fingerprint density at radius 3 is 2.96 bits per heavy atom. The van der Waals surface area contributed by atoms with Gasteiger partial charge in [-0.15, -0.1) is 0 Å². The van der Waals surface area contributed by atoms with Crippen LogP contribution in [-0.4, -0.2) is 22.2 Å². The maximum atomic E-state index is 13.5. The van der Waals surface area contributed by atoms with Gasteiger partial charge in [0.05, 0.1) is 12.2 Å². The van der Waals surface area contributed by atoms with E-state index in [0.29, 0.717) is 24.2 Å². The first-order chi connectivity index (χ1) is 11.1. The summed E-state index contributed by atoms with van der Waals surface area (Å²) in [5, 5.41) is 11.3. The lowest BCUT2D eigenvalue weighted by Gasteiger charge is -2.06. The summed E-state index contributed by atoms with van der Waals surface area (Å²) in [6.45, 7) is 2.66. The average molecular weight is 329 g/mol. The molecule has 0 saturated carbocycles. The minimum absolute atomic E-state index is 0.283. The van der Waals surface area contributed by atoms with E-state index in [-0.39, 0.29) is 11.7 Å². The molecule has 0 atom stereocenters. The van der Waals surface area contributed by atoms with Gasteiger partial charge in [0.25, 0.3) is 5.91 Å². The predicted molar refractivity (Wildman–Crippen MR) is 89.0 cm³/mol. The number of carbonyl (C=O) groups excluding carboxylic acids is 1. The number of nitrogens with zero attached hydrogens (tertiary/aromatic N) is 2. The molecule has 4 nitrogen and oxygen atoms in total. The minimum atomic E-state index is -0.370. The molecule has 0 unspecified atom stereocenters. The summed E-state index contributed by atoms with van der Waals surface area (Å²) in [5.74, 6) is -0.653. The number of benzene rings is 1. The highest BCUT2D eigenvalue weighted by molar-refractivity contribution is 7.08. The van der Waals surface area contributed by atoms with Crippen molar-refractivity contribution in [3.05, 3.63) is 64.2 Å². The maximum Gasteiger partial charge on any atom is 0.251 e. The highest BCUT2D eigenvalue weighted by Gasteiger charge is 2.08. The third-order valence-electron chi connectivity index (χ3n) is 3.52. The molecule has 0 aliphatic carbocycles. The Morgan fingerprint density at radius 2 is 2.22 bits per heavy atom. The van der Waals surface area contributed by atoms with Crippen molar-refractivity contribution in [3.8, 4) is 11.3 Å². The van der Waals surface area contributed by atoms with Gasteiger partial charge in [-0.25, -0.2) is 4.39 Å². The number of halogens is 1. The number of nitrogens with one attached hydrogen (secondary N) is 1. The molecule has 0 aliphatic rings. The SMILES string of the molecule is Cc1ccc(C(=O)NCCn2ccc(-c3ccsc3)n2)cc1F. The number of aromatic nitrogens is 2. The number of hydrogen-bond donors (Lipinski definition) is 1. The number of rotatable bonds is 5. The zero-order valence-corrected chi connectivity index (χ0v) is 13.4. The summed E-state index contributed by atoms with van der Waals surface area (Å²) in [6, 6.07) is 8.44. The Balaban J connectivity index is 1.55. The van der Waals surface area contributed by atoms with Gasteiger partial charge in [0, 0.05) is 29.2 Å². The Kier molecular flexibility index (Phi) is 4.52. The fourth-order valence-electron chi connectivity index (χ4n) is 2.17. The maximum absolute atomic E-state index is 13.5. The molecule has 0 bridgehead atoms. The minimum Gasteiger partial charge on any atom is -0.350 e. The van der Waals surface area contributed by atoms with Crippen LogP contribution in [0.4, 0.5) is 4.39 Å². The molecule has 0 radical (unpaired) electrons. The van der Waals surface area contributed by atoms with Crippen molar-refractivity contribution in [2.45, 2.75) is 13.5 Å². The Hall–Kier alpha value is -2.47. The van der Waals surface area contributed by atoms with E-state index in [1.807, 2.05) is 29.1 Å². The van der Waals surface area contributed by atoms with Crippen LogP contribution in [0.2, 0.25) is 0 Å². The van der Waals surface area contributed by atoms with E-state index in [1.54, 1.807) is 35.1 Å². The molecule has 6 heteroatoms. The largest absolute Gasteiger partial charge is 0.350 e. The van der Waals surface area contributed by atoms with E-state index < -0.39 is 0 Å². The van der Waals surface area contributed by atoms with Crippen LogP contribution in [0.3, 0.4) is 0 Å². The van der Waals surface area contributed by atoms with Crippen LogP contribution in [0.1, 0.15) is 15.9 Å². The molecule has 1 N–H and O–H groups in total. The summed E-state index contributed by atoms with van der Waals surface area (Å²) in [4.78, 5) is 12.0. The summed E-state index contributed by atoms with van der Waals surface area (Å²) in [6.07, 6.45) is 1.88. The van der Waals surface area contributed by atoms with Crippen molar-refractivity contribution in [3.63, 3.8) is 0 Å². The van der Waals surface area contributed by atoms with Gasteiger partial charge >= 0.3 is 0 Å². The topological polar surface area (TPSA) is 46.9 Å². The molecule has 1 aromatic carbocycles. The van der Waals surface area contributed by atoms with Crippen molar-refractivity contribution in [2.24, 2.45) is 0 Å². The van der Waals surface area contributed by atoms with Crippen LogP contribution >= 0.6 is 11.3 Å². The lowest BCUT2D eigenvalue weighted by molar-refractivity contribution is 0.0951. The predicted octanol–water partition coefficient (Wildman–Crippen LogP) is 3.49. The van der Waals surface area contributed by atoms with Crippen molar-refractivity contribution >= 4 is 17.2 Å². The van der Waals surface area contributed by atoms with Crippen LogP contribution in [0.25, 0.3) is 11.3 Å². The summed E-state index contributed by atoms with van der Waals surface area (Å²) in [5.41, 5.74) is 2.86. The zero-order chi connectivity index (χ0) is 16.2. The van der Waals surface area contributed by atoms with Crippen LogP contribution in [-0.2, 0) is 6.54 Å². The first kappa shape index (κ1) is 15.4. The molecule has 3 aromatic rings. The summed E-state index contributed by atoms with van der Waals surface area (Å²) >= 11 is 1.63. The van der Waals surface area contributed by atoms with Crippen molar-refractivity contribution in [1.29, 1.82) is 0 Å². The Morgan fingerprint density at radius 1 is 1.35 bits per heavy atom. The van der Waals surface area contributed by atoms with Gasteiger partial charge < -0.3 is 5.32 Å². The highest BCUT2D eigenvalue weighted by Crippen LogP contribution is 2.19. The number of aryl methyl sites for hydroxylation is 1. The van der Waals surface area contributed by atoms with Gasteiger partial charge in [0.15, 0.2) is 0 Å². The van der Waals surface area contributed by atoms with E-state index in [9.17, 15) is 9.18 Å². The summed E-state index contributed by atoms with van der Waals surface area (Å²) < 4.78 is 15.3. The van der Waals surface area contributed by atoms with Gasteiger partial charge in [-0.3, -0.25) is 9.48 Å². The average Bonchev–Trinajstić information content (AvgIpc) is 3.20. The van der Waals surface area contributed by atoms with Crippen LogP contribution in [0.15, 0.2) is 47.3 Å². The van der Waals surface area contributed by atoms with Crippen LogP contribution < -0.4 is 5.32 Å². The lowest BCUT2D eigenvalue weighted by atomic mass is 10.1. The molecular formula is C17H16FN3OS. The molecule has 0 saturated heterocycles. The van der Waals surface area contributed by atoms with Gasteiger partial charge in [-0.05, 0) is 42.1 Å². The van der Waals surface area contributed by atoms with E-state index in [1.165, 1.54) is 6.07 Å². The van der Waals surface area contributed by atoms with E-state index in [2.05, 4.69) is 10.4 Å². The van der Waals surface area contributed by atoms with E-state index in [4.69, 9.17) is 0 Å². The highest BCUT2D eigenvalue weighted by atomic mass is 32.1. The number of hydrogen-bond acceptors (Lipinski definition) is 3. The first-order valence-electron chi connectivity index (χ1n) is 7.24. The normalized spacial score (nSPS) is 10.7. The molecule has 1 amide bonds. The number of thiophene rings is 1. The molecule has 0 fully saturated rings. The quantitative estimate of drug-likeness (QED) is 0.779. The first-order valence-corrected chi connectivity index (χ1v) is 8.18. The van der Waals surface area contributed by atoms with Gasteiger partial charge in [-0.1, -0.05) is 6.07 Å². The third kappa shape index (κ3) is 3.65. The van der Waals surface area contributed by atoms with Crippen LogP contribution in [0, 0.1) is 12.7 Å². The second-order valence-electron chi connectivity index (χ2n) is 5.20. The number of amides is 1. The Labute approximate surface area is 137 Å². The van der Waals surface area contributed by atoms with Crippen molar-refractivity contribution in [1.82, 2.24) is 15.1 Å². The molecule has 2 aromatic heterocycles. The van der Waals surface area contributed by atoms with E-state index in [0.717, 1.165) is 11.3 Å². The summed E-state index contributed by atoms with van der Waals surface area (Å²) in [7, 11) is 0. The smallest absolute Gasteiger partial charge is 0.251 e. The molecule has 118 valence electrons. The van der Waals surface area contributed by atoms with Crippen LogP contribution in [0.5, 0.6) is 0 Å². The van der Waals surface area contributed by atoms with Gasteiger partial charge in [-0.2, -0.15) is 16.4 Å². The second-order valence-corrected chi connectivity index (χ2v) is 5.98. The van der Waals surface area contributed by atoms with Gasteiger partial charge in [0.2, 0.25) is 0 Å². The fourth-order valence-corrected chi connectivity index (χ4v) is 2.82. The standard InChI is InChI=1S/C17H16FN3OS/c1-12-2-3-13(10-15(12)18)17(22)19-6-8-21-7-4-16(20-21)14-5-9-23-11-14/h2-5,7,9-11H,6,8H2,1H3,(H,19,22). The molecule has 0 spiro atoms. The fraction of sp³-hybridized carbons (Fsp3) is 0.176. The van der Waals surface area contributed by atoms with Crippen molar-refractivity contribution in [2.75, 3.05) is 6.54 Å². The molecule has 2 heterocycles. The van der Waals surface area contributed by atoms with Gasteiger partial charge in [0.1, 0.15) is 5.82 Å². The zero-order valence-electron chi connectivity index (χ0n) is 12.6. The monoisotopic (exact) mass is 329 g/mol. The Bertz CT molecular complexity index is 811.